The van der Waals surface area contributed by atoms with Crippen molar-refractivity contribution in [3.05, 3.63) is 47.7 Å². The number of nitrogens with one attached hydrogen (secondary N) is 1. The van der Waals surface area contributed by atoms with Crippen LogP contribution in [0.1, 0.15) is 13.8 Å². The van der Waals surface area contributed by atoms with Gasteiger partial charge in [-0.3, -0.25) is 4.68 Å². The second-order valence-electron chi connectivity index (χ2n) is 8.13. The highest BCUT2D eigenvalue weighted by atomic mass is 35.5. The normalized spacial score (nSPS) is 11.3. The van der Waals surface area contributed by atoms with Crippen molar-refractivity contribution in [2.45, 2.75) is 19.9 Å². The summed E-state index contributed by atoms with van der Waals surface area (Å²) in [4.78, 5) is 6.86. The lowest BCUT2D eigenvalue weighted by Crippen LogP contribution is -2.32. The maximum Gasteiger partial charge on any atom is 0.185 e. The Balaban J connectivity index is 1.80. The summed E-state index contributed by atoms with van der Waals surface area (Å²) in [5.41, 5.74) is 3.91. The number of fused-ring (bicyclic) bond motifs is 1. The molecule has 0 aliphatic rings. The Morgan fingerprint density at radius 1 is 1.09 bits per heavy atom. The Morgan fingerprint density at radius 3 is 2.59 bits per heavy atom. The first kappa shape index (κ1) is 23.7. The highest BCUT2D eigenvalue weighted by Gasteiger charge is 2.19. The van der Waals surface area contributed by atoms with E-state index in [1.807, 2.05) is 37.5 Å². The third-order valence-electron chi connectivity index (χ3n) is 5.34. The molecule has 0 aliphatic heterocycles. The van der Waals surface area contributed by atoms with Gasteiger partial charge in [0.2, 0.25) is 0 Å². The number of rotatable bonds is 9. The quantitative estimate of drug-likeness (QED) is 0.380. The summed E-state index contributed by atoms with van der Waals surface area (Å²) in [5, 5.41) is 16.8. The first-order valence-electron chi connectivity index (χ1n) is 11.0. The molecular weight excluding hydrogens is 454 g/mol. The van der Waals surface area contributed by atoms with Crippen molar-refractivity contribution in [1.29, 1.82) is 0 Å². The Labute approximate surface area is 203 Å². The predicted molar refractivity (Wildman–Crippen MR) is 134 cm³/mol. The van der Waals surface area contributed by atoms with E-state index in [0.717, 1.165) is 29.0 Å². The summed E-state index contributed by atoms with van der Waals surface area (Å²) in [6.45, 7) is 5.64. The minimum atomic E-state index is 0.354. The van der Waals surface area contributed by atoms with Gasteiger partial charge in [0, 0.05) is 50.2 Å². The molecule has 0 unspecified atom stereocenters. The van der Waals surface area contributed by atoms with Gasteiger partial charge in [-0.15, -0.1) is 10.2 Å². The molecular formula is C24H28ClN7O2. The molecule has 0 radical (unpaired) electrons. The maximum atomic E-state index is 6.76. The minimum absolute atomic E-state index is 0.354. The van der Waals surface area contributed by atoms with E-state index in [1.165, 1.54) is 0 Å². The second kappa shape index (κ2) is 10.2. The number of benzene rings is 2. The zero-order chi connectivity index (χ0) is 24.2. The van der Waals surface area contributed by atoms with Crippen LogP contribution < -0.4 is 19.7 Å². The van der Waals surface area contributed by atoms with Gasteiger partial charge in [-0.1, -0.05) is 25.4 Å². The van der Waals surface area contributed by atoms with Crippen molar-refractivity contribution in [2.75, 3.05) is 32.2 Å². The second-order valence-corrected chi connectivity index (χ2v) is 8.51. The highest BCUT2D eigenvalue weighted by molar-refractivity contribution is 6.35. The SMILES string of the molecule is COc1cc(OC)c(Cl)c(N(CCNC(C)C)c2ccc3nnc(-c4cnn(C)c4)nc3c2)c1. The molecule has 2 aromatic carbocycles. The number of halogens is 1. The molecule has 0 aliphatic carbocycles. The van der Waals surface area contributed by atoms with Crippen molar-refractivity contribution in [1.82, 2.24) is 30.3 Å². The lowest BCUT2D eigenvalue weighted by Gasteiger charge is -2.28. The van der Waals surface area contributed by atoms with E-state index in [0.29, 0.717) is 40.4 Å². The summed E-state index contributed by atoms with van der Waals surface area (Å²) in [6, 6.07) is 9.92. The molecule has 2 aromatic heterocycles. The van der Waals surface area contributed by atoms with Crippen molar-refractivity contribution < 1.29 is 9.47 Å². The van der Waals surface area contributed by atoms with E-state index >= 15 is 0 Å². The van der Waals surface area contributed by atoms with Gasteiger partial charge < -0.3 is 19.7 Å². The van der Waals surface area contributed by atoms with Crippen molar-refractivity contribution in [3.8, 4) is 22.9 Å². The number of aryl methyl sites for hydroxylation is 1. The van der Waals surface area contributed by atoms with Gasteiger partial charge >= 0.3 is 0 Å². The van der Waals surface area contributed by atoms with E-state index in [9.17, 15) is 0 Å². The summed E-state index contributed by atoms with van der Waals surface area (Å²) >= 11 is 6.76. The average Bonchev–Trinajstić information content (AvgIpc) is 3.27. The molecule has 0 amide bonds. The third-order valence-corrected chi connectivity index (χ3v) is 5.72. The highest BCUT2D eigenvalue weighted by Crippen LogP contribution is 2.41. The fourth-order valence-electron chi connectivity index (χ4n) is 3.63. The molecule has 4 rings (SSSR count). The standard InChI is InChI=1S/C24H28ClN7O2/c1-15(2)26-8-9-32(21-11-18(33-4)12-22(34-5)23(21)25)17-6-7-19-20(10-17)28-24(30-29-19)16-13-27-31(3)14-16/h6-7,10-15,26H,8-9H2,1-5H3. The first-order chi connectivity index (χ1) is 16.4. The number of nitrogens with zero attached hydrogens (tertiary/aromatic N) is 6. The predicted octanol–water partition coefficient (Wildman–Crippen LogP) is 4.23. The molecule has 0 saturated heterocycles. The van der Waals surface area contributed by atoms with E-state index in [-0.39, 0.29) is 0 Å². The molecule has 9 nitrogen and oxygen atoms in total. The van der Waals surface area contributed by atoms with Gasteiger partial charge in [-0.2, -0.15) is 5.10 Å². The van der Waals surface area contributed by atoms with Gasteiger partial charge in [0.1, 0.15) is 22.0 Å². The Bertz CT molecular complexity index is 1290. The van der Waals surface area contributed by atoms with Crippen LogP contribution >= 0.6 is 11.6 Å². The van der Waals surface area contributed by atoms with E-state index < -0.39 is 0 Å². The number of hydrogen-bond donors (Lipinski definition) is 1. The Morgan fingerprint density at radius 2 is 1.91 bits per heavy atom. The van der Waals surface area contributed by atoms with Crippen LogP contribution in [0.3, 0.4) is 0 Å². The van der Waals surface area contributed by atoms with E-state index in [4.69, 9.17) is 26.1 Å². The van der Waals surface area contributed by atoms with Crippen LogP contribution in [-0.4, -0.2) is 58.3 Å². The molecule has 0 bridgehead atoms. The van der Waals surface area contributed by atoms with Crippen LogP contribution in [-0.2, 0) is 7.05 Å². The van der Waals surface area contributed by atoms with Crippen LogP contribution in [0.15, 0.2) is 42.7 Å². The van der Waals surface area contributed by atoms with Crippen molar-refractivity contribution in [2.24, 2.45) is 7.05 Å². The number of ether oxygens (including phenoxy) is 2. The molecule has 0 atom stereocenters. The largest absolute Gasteiger partial charge is 0.497 e. The van der Waals surface area contributed by atoms with Crippen LogP contribution in [0.5, 0.6) is 11.5 Å². The minimum Gasteiger partial charge on any atom is -0.497 e. The maximum absolute atomic E-state index is 6.76. The van der Waals surface area contributed by atoms with Crippen LogP contribution in [0, 0.1) is 0 Å². The zero-order valence-corrected chi connectivity index (χ0v) is 20.7. The molecule has 0 spiro atoms. The lowest BCUT2D eigenvalue weighted by atomic mass is 10.2. The molecule has 0 fully saturated rings. The molecule has 0 saturated carbocycles. The summed E-state index contributed by atoms with van der Waals surface area (Å²) < 4.78 is 12.7. The fourth-order valence-corrected chi connectivity index (χ4v) is 3.91. The van der Waals surface area contributed by atoms with Crippen LogP contribution in [0.25, 0.3) is 22.4 Å². The Hall–Kier alpha value is -3.43. The number of methoxy groups -OCH3 is 2. The van der Waals surface area contributed by atoms with Gasteiger partial charge in [0.05, 0.1) is 37.2 Å². The molecule has 34 heavy (non-hydrogen) atoms. The van der Waals surface area contributed by atoms with Gasteiger partial charge in [0.15, 0.2) is 5.82 Å². The summed E-state index contributed by atoms with van der Waals surface area (Å²) in [5.74, 6) is 1.72. The van der Waals surface area contributed by atoms with Gasteiger partial charge in [-0.25, -0.2) is 4.98 Å². The summed E-state index contributed by atoms with van der Waals surface area (Å²) in [7, 11) is 5.06. The molecule has 1 N–H and O–H groups in total. The lowest BCUT2D eigenvalue weighted by molar-refractivity contribution is 0.394. The van der Waals surface area contributed by atoms with Crippen molar-refractivity contribution >= 4 is 34.0 Å². The smallest absolute Gasteiger partial charge is 0.185 e. The Kier molecular flexibility index (Phi) is 7.14. The topological polar surface area (TPSA) is 90.2 Å². The summed E-state index contributed by atoms with van der Waals surface area (Å²) in [6.07, 6.45) is 3.58. The number of hydrogen-bond acceptors (Lipinski definition) is 8. The average molecular weight is 482 g/mol. The van der Waals surface area contributed by atoms with Gasteiger partial charge in [-0.05, 0) is 18.2 Å². The third kappa shape index (κ3) is 5.05. The molecule has 10 heteroatoms. The van der Waals surface area contributed by atoms with Crippen molar-refractivity contribution in [3.63, 3.8) is 0 Å². The monoisotopic (exact) mass is 481 g/mol. The molecule has 4 aromatic rings. The fraction of sp³-hybridized carbons (Fsp3) is 0.333. The van der Waals surface area contributed by atoms with Crippen LogP contribution in [0.4, 0.5) is 11.4 Å². The van der Waals surface area contributed by atoms with E-state index in [1.54, 1.807) is 31.2 Å². The van der Waals surface area contributed by atoms with Gasteiger partial charge in [0.25, 0.3) is 0 Å². The molecule has 2 heterocycles. The first-order valence-corrected chi connectivity index (χ1v) is 11.3. The molecule has 178 valence electrons. The number of aromatic nitrogens is 5. The van der Waals surface area contributed by atoms with Crippen LogP contribution in [0.2, 0.25) is 5.02 Å². The zero-order valence-electron chi connectivity index (χ0n) is 19.9. The van der Waals surface area contributed by atoms with E-state index in [2.05, 4.69) is 39.4 Å². The number of anilines is 2.